The number of benzene rings is 1. The molecule has 0 aliphatic heterocycles. The first-order chi connectivity index (χ1) is 9.08. The lowest BCUT2D eigenvalue weighted by Gasteiger charge is -2.25. The van der Waals surface area contributed by atoms with Gasteiger partial charge in [0.25, 0.3) is 5.91 Å². The highest BCUT2D eigenvalue weighted by molar-refractivity contribution is 6.20. The molecule has 1 aliphatic carbocycles. The van der Waals surface area contributed by atoms with Crippen molar-refractivity contribution in [1.29, 1.82) is 0 Å². The maximum absolute atomic E-state index is 13.8. The molecule has 0 unspecified atom stereocenters. The highest BCUT2D eigenvalue weighted by Gasteiger charge is 2.20. The molecule has 1 aromatic rings. The van der Waals surface area contributed by atoms with E-state index in [1.165, 1.54) is 6.07 Å². The molecule has 1 fully saturated rings. The van der Waals surface area contributed by atoms with Crippen LogP contribution in [-0.2, 0) is 0 Å². The van der Waals surface area contributed by atoms with Crippen LogP contribution in [0.25, 0.3) is 0 Å². The van der Waals surface area contributed by atoms with Crippen LogP contribution in [0.4, 0.5) is 4.39 Å². The molecule has 0 spiro atoms. The summed E-state index contributed by atoms with van der Waals surface area (Å²) in [6, 6.07) is 4.88. The minimum atomic E-state index is -0.426. The van der Waals surface area contributed by atoms with E-state index in [0.29, 0.717) is 18.0 Å². The SMILES string of the molecule is Cc1cccc(C(=O)NCC2CCC(Cl)CC2)c1F. The van der Waals surface area contributed by atoms with Gasteiger partial charge in [0.15, 0.2) is 0 Å². The third kappa shape index (κ3) is 3.69. The molecule has 2 nitrogen and oxygen atoms in total. The van der Waals surface area contributed by atoms with Crippen LogP contribution in [0.15, 0.2) is 18.2 Å². The van der Waals surface area contributed by atoms with Gasteiger partial charge in [-0.1, -0.05) is 12.1 Å². The number of amides is 1. The third-order valence-corrected chi connectivity index (χ3v) is 4.20. The largest absolute Gasteiger partial charge is 0.352 e. The average molecular weight is 284 g/mol. The molecular formula is C15H19ClFNO. The van der Waals surface area contributed by atoms with Crippen molar-refractivity contribution in [2.75, 3.05) is 6.54 Å². The van der Waals surface area contributed by atoms with Crippen LogP contribution in [-0.4, -0.2) is 17.8 Å². The Hall–Kier alpha value is -1.09. The van der Waals surface area contributed by atoms with Crippen molar-refractivity contribution in [2.24, 2.45) is 5.92 Å². The second-order valence-electron chi connectivity index (χ2n) is 5.26. The van der Waals surface area contributed by atoms with Gasteiger partial charge in [0.1, 0.15) is 5.82 Å². The summed E-state index contributed by atoms with van der Waals surface area (Å²) in [6.45, 7) is 2.27. The van der Waals surface area contributed by atoms with E-state index in [4.69, 9.17) is 11.6 Å². The lowest BCUT2D eigenvalue weighted by Crippen LogP contribution is -2.32. The molecule has 0 bridgehead atoms. The molecule has 2 rings (SSSR count). The summed E-state index contributed by atoms with van der Waals surface area (Å²) in [5.74, 6) is -0.287. The first kappa shape index (κ1) is 14.3. The lowest BCUT2D eigenvalue weighted by atomic mass is 9.89. The molecule has 1 aromatic carbocycles. The Bertz CT molecular complexity index is 455. The normalized spacial score (nSPS) is 23.1. The number of hydrogen-bond donors (Lipinski definition) is 1. The smallest absolute Gasteiger partial charge is 0.254 e. The first-order valence-corrected chi connectivity index (χ1v) is 7.19. The van der Waals surface area contributed by atoms with E-state index in [1.54, 1.807) is 19.1 Å². The van der Waals surface area contributed by atoms with E-state index in [-0.39, 0.29) is 16.8 Å². The molecule has 0 heterocycles. The fourth-order valence-electron chi connectivity index (χ4n) is 2.48. The number of rotatable bonds is 3. The van der Waals surface area contributed by atoms with E-state index < -0.39 is 5.82 Å². The molecule has 1 aliphatic rings. The van der Waals surface area contributed by atoms with Gasteiger partial charge in [0.05, 0.1) is 5.56 Å². The van der Waals surface area contributed by atoms with Crippen LogP contribution in [0.5, 0.6) is 0 Å². The van der Waals surface area contributed by atoms with Crippen molar-refractivity contribution in [3.63, 3.8) is 0 Å². The maximum atomic E-state index is 13.8. The molecule has 0 saturated heterocycles. The van der Waals surface area contributed by atoms with Crippen molar-refractivity contribution in [3.8, 4) is 0 Å². The lowest BCUT2D eigenvalue weighted by molar-refractivity contribution is 0.0939. The molecule has 4 heteroatoms. The Morgan fingerprint density at radius 2 is 2.05 bits per heavy atom. The number of hydrogen-bond acceptors (Lipinski definition) is 1. The average Bonchev–Trinajstić information content (AvgIpc) is 2.41. The molecule has 1 N–H and O–H groups in total. The van der Waals surface area contributed by atoms with Crippen molar-refractivity contribution < 1.29 is 9.18 Å². The van der Waals surface area contributed by atoms with E-state index in [1.807, 2.05) is 0 Å². The van der Waals surface area contributed by atoms with Gasteiger partial charge in [-0.05, 0) is 50.2 Å². The second-order valence-corrected chi connectivity index (χ2v) is 5.88. The predicted octanol–water partition coefficient (Wildman–Crippen LogP) is 3.66. The predicted molar refractivity (Wildman–Crippen MR) is 75.1 cm³/mol. The van der Waals surface area contributed by atoms with Crippen molar-refractivity contribution in [3.05, 3.63) is 35.1 Å². The zero-order valence-electron chi connectivity index (χ0n) is 11.1. The highest BCUT2D eigenvalue weighted by atomic mass is 35.5. The van der Waals surface area contributed by atoms with E-state index in [2.05, 4.69) is 5.32 Å². The van der Waals surface area contributed by atoms with Gasteiger partial charge in [-0.2, -0.15) is 0 Å². The number of carbonyl (C=O) groups excluding carboxylic acids is 1. The van der Waals surface area contributed by atoms with E-state index in [0.717, 1.165) is 25.7 Å². The van der Waals surface area contributed by atoms with Crippen LogP contribution < -0.4 is 5.32 Å². The molecule has 1 amide bonds. The summed E-state index contributed by atoms with van der Waals surface area (Å²) in [4.78, 5) is 11.9. The van der Waals surface area contributed by atoms with E-state index >= 15 is 0 Å². The Balaban J connectivity index is 1.89. The quantitative estimate of drug-likeness (QED) is 0.843. The molecule has 0 atom stereocenters. The summed E-state index contributed by atoms with van der Waals surface area (Å²) in [5.41, 5.74) is 0.626. The van der Waals surface area contributed by atoms with Crippen LogP contribution in [0, 0.1) is 18.7 Å². The Morgan fingerprint density at radius 3 is 2.74 bits per heavy atom. The first-order valence-electron chi connectivity index (χ1n) is 6.75. The monoisotopic (exact) mass is 283 g/mol. The summed E-state index contributed by atoms with van der Waals surface area (Å²) in [5, 5.41) is 3.11. The standard InChI is InChI=1S/C15H19ClFNO/c1-10-3-2-4-13(14(10)17)15(19)18-9-11-5-7-12(16)8-6-11/h2-4,11-12H,5-9H2,1H3,(H,18,19). The minimum absolute atomic E-state index is 0.131. The van der Waals surface area contributed by atoms with E-state index in [9.17, 15) is 9.18 Å². The van der Waals surface area contributed by atoms with Crippen molar-refractivity contribution in [1.82, 2.24) is 5.32 Å². The van der Waals surface area contributed by atoms with Gasteiger partial charge in [0, 0.05) is 11.9 Å². The van der Waals surface area contributed by atoms with Crippen molar-refractivity contribution >= 4 is 17.5 Å². The zero-order chi connectivity index (χ0) is 13.8. The number of alkyl halides is 1. The second kappa shape index (κ2) is 6.38. The van der Waals surface area contributed by atoms with Crippen LogP contribution in [0.2, 0.25) is 0 Å². The molecule has 0 radical (unpaired) electrons. The molecule has 1 saturated carbocycles. The number of nitrogens with one attached hydrogen (secondary N) is 1. The number of halogens is 2. The Morgan fingerprint density at radius 1 is 1.37 bits per heavy atom. The highest BCUT2D eigenvalue weighted by Crippen LogP contribution is 2.27. The summed E-state index contributed by atoms with van der Waals surface area (Å²) < 4.78 is 13.8. The summed E-state index contributed by atoms with van der Waals surface area (Å²) >= 11 is 6.04. The van der Waals surface area contributed by atoms with Crippen LogP contribution in [0.1, 0.15) is 41.6 Å². The van der Waals surface area contributed by atoms with Crippen molar-refractivity contribution in [2.45, 2.75) is 38.0 Å². The Labute approximate surface area is 118 Å². The van der Waals surface area contributed by atoms with Gasteiger partial charge in [0.2, 0.25) is 0 Å². The van der Waals surface area contributed by atoms with Gasteiger partial charge in [-0.25, -0.2) is 4.39 Å². The molecule has 19 heavy (non-hydrogen) atoms. The van der Waals surface area contributed by atoms with Crippen LogP contribution >= 0.6 is 11.6 Å². The zero-order valence-corrected chi connectivity index (χ0v) is 11.8. The summed E-state index contributed by atoms with van der Waals surface area (Å²) in [7, 11) is 0. The molecular weight excluding hydrogens is 265 g/mol. The van der Waals surface area contributed by atoms with Gasteiger partial charge < -0.3 is 5.32 Å². The summed E-state index contributed by atoms with van der Waals surface area (Å²) in [6.07, 6.45) is 4.07. The topological polar surface area (TPSA) is 29.1 Å². The third-order valence-electron chi connectivity index (χ3n) is 3.76. The fraction of sp³-hybridized carbons (Fsp3) is 0.533. The minimum Gasteiger partial charge on any atom is -0.352 e. The number of carbonyl (C=O) groups is 1. The molecule has 104 valence electrons. The maximum Gasteiger partial charge on any atom is 0.254 e. The van der Waals surface area contributed by atoms with Gasteiger partial charge in [-0.15, -0.1) is 11.6 Å². The fourth-order valence-corrected chi connectivity index (χ4v) is 2.73. The van der Waals surface area contributed by atoms with Gasteiger partial charge >= 0.3 is 0 Å². The molecule has 0 aromatic heterocycles. The van der Waals surface area contributed by atoms with Crippen LogP contribution in [0.3, 0.4) is 0 Å². The number of aryl methyl sites for hydroxylation is 1. The van der Waals surface area contributed by atoms with Gasteiger partial charge in [-0.3, -0.25) is 4.79 Å². The Kier molecular flexibility index (Phi) is 4.81.